The van der Waals surface area contributed by atoms with Crippen LogP contribution in [0, 0.1) is 0 Å². The van der Waals surface area contributed by atoms with Crippen molar-refractivity contribution in [3.8, 4) is 11.4 Å². The van der Waals surface area contributed by atoms with E-state index in [1.807, 2.05) is 0 Å². The van der Waals surface area contributed by atoms with E-state index in [0.717, 1.165) is 0 Å². The molecule has 156 valence electrons. The lowest BCUT2D eigenvalue weighted by atomic mass is 10.1. The zero-order chi connectivity index (χ0) is 21.7. The summed E-state index contributed by atoms with van der Waals surface area (Å²) in [6.45, 7) is 5.31. The van der Waals surface area contributed by atoms with Crippen LogP contribution in [-0.4, -0.2) is 45.1 Å². The summed E-state index contributed by atoms with van der Waals surface area (Å²) >= 11 is 5.98. The number of ether oxygens (including phenoxy) is 1. The molecule has 3 rings (SSSR count). The van der Waals surface area contributed by atoms with E-state index in [0.29, 0.717) is 39.3 Å². The van der Waals surface area contributed by atoms with Gasteiger partial charge in [-0.3, -0.25) is 4.79 Å². The number of nitrogens with one attached hydrogen (secondary N) is 1. The molecule has 9 heteroatoms. The first kappa shape index (κ1) is 21.3. The molecule has 0 aliphatic rings. The molecule has 1 heterocycles. The smallest absolute Gasteiger partial charge is 0.333 e. The molecule has 3 aromatic rings. The van der Waals surface area contributed by atoms with E-state index in [-0.39, 0.29) is 31.2 Å². The molecular weight excluding hydrogens is 408 g/mol. The fraction of sp³-hybridized carbons (Fsp3) is 0.238. The van der Waals surface area contributed by atoms with E-state index in [4.69, 9.17) is 16.3 Å². The molecule has 0 spiro atoms. The van der Waals surface area contributed by atoms with Crippen molar-refractivity contribution in [2.75, 3.05) is 13.2 Å². The van der Waals surface area contributed by atoms with Crippen molar-refractivity contribution in [3.63, 3.8) is 0 Å². The molecule has 1 amide bonds. The Morgan fingerprint density at radius 1 is 1.23 bits per heavy atom. The van der Waals surface area contributed by atoms with Crippen molar-refractivity contribution in [3.05, 3.63) is 59.1 Å². The Morgan fingerprint density at radius 2 is 2.00 bits per heavy atom. The Hall–Kier alpha value is -3.39. The maximum absolute atomic E-state index is 12.0. The zero-order valence-corrected chi connectivity index (χ0v) is 17.1. The van der Waals surface area contributed by atoms with Gasteiger partial charge >= 0.3 is 5.97 Å². The zero-order valence-electron chi connectivity index (χ0n) is 16.4. The van der Waals surface area contributed by atoms with Gasteiger partial charge in [0, 0.05) is 17.0 Å². The van der Waals surface area contributed by atoms with Crippen LogP contribution in [-0.2, 0) is 20.7 Å². The topological polar surface area (TPSA) is 106 Å². The van der Waals surface area contributed by atoms with Crippen molar-refractivity contribution in [1.29, 1.82) is 0 Å². The summed E-state index contributed by atoms with van der Waals surface area (Å²) in [6, 6.07) is 10.4. The summed E-state index contributed by atoms with van der Waals surface area (Å²) in [4.78, 5) is 24.6. The Kier molecular flexibility index (Phi) is 6.68. The third-order valence-electron chi connectivity index (χ3n) is 4.28. The second kappa shape index (κ2) is 9.41. The first-order valence-electron chi connectivity index (χ1n) is 9.28. The van der Waals surface area contributed by atoms with Gasteiger partial charge in [0.25, 0.3) is 0 Å². The molecule has 0 radical (unpaired) electrons. The van der Waals surface area contributed by atoms with Crippen molar-refractivity contribution >= 4 is 34.5 Å². The van der Waals surface area contributed by atoms with Crippen LogP contribution in [0.2, 0.25) is 5.02 Å². The van der Waals surface area contributed by atoms with Crippen molar-refractivity contribution in [2.45, 2.75) is 19.8 Å². The van der Waals surface area contributed by atoms with E-state index in [1.165, 1.54) is 4.80 Å². The number of hydrogen-bond acceptors (Lipinski definition) is 6. The van der Waals surface area contributed by atoms with E-state index in [2.05, 4.69) is 22.1 Å². The Morgan fingerprint density at radius 3 is 2.77 bits per heavy atom. The average molecular weight is 429 g/mol. The fourth-order valence-corrected chi connectivity index (χ4v) is 2.90. The molecule has 2 N–H and O–H groups in total. The number of aromatic hydroxyl groups is 1. The predicted molar refractivity (Wildman–Crippen MR) is 113 cm³/mol. The second-order valence-electron chi connectivity index (χ2n) is 6.67. The molecule has 0 unspecified atom stereocenters. The van der Waals surface area contributed by atoms with Crippen LogP contribution < -0.4 is 5.32 Å². The van der Waals surface area contributed by atoms with Crippen LogP contribution >= 0.6 is 11.6 Å². The largest absolute Gasteiger partial charge is 0.505 e. The first-order valence-corrected chi connectivity index (χ1v) is 9.66. The standard InChI is InChI=1S/C21H21ClN4O4/c1-13(2)21(29)30-11-10-23-19(27)9-6-14-4-3-5-18(20(14)28)26-24-16-8-7-15(22)12-17(16)25-26/h3-5,7-8,12,28H,1,6,9-11H2,2H3,(H,23,27). The number of hydrogen-bond donors (Lipinski definition) is 2. The molecule has 2 aromatic carbocycles. The van der Waals surface area contributed by atoms with Crippen LogP contribution in [0.15, 0.2) is 48.6 Å². The molecule has 0 aliphatic heterocycles. The third-order valence-corrected chi connectivity index (χ3v) is 4.52. The molecule has 0 aliphatic carbocycles. The van der Waals surface area contributed by atoms with Gasteiger partial charge in [-0.05, 0) is 43.2 Å². The molecule has 0 atom stereocenters. The molecule has 0 saturated carbocycles. The van der Waals surface area contributed by atoms with E-state index in [1.54, 1.807) is 43.3 Å². The maximum atomic E-state index is 12.0. The number of aryl methyl sites for hydroxylation is 1. The van der Waals surface area contributed by atoms with Gasteiger partial charge in [-0.25, -0.2) is 4.79 Å². The molecule has 30 heavy (non-hydrogen) atoms. The fourth-order valence-electron chi connectivity index (χ4n) is 2.73. The number of phenols is 1. The maximum Gasteiger partial charge on any atom is 0.333 e. The molecule has 8 nitrogen and oxygen atoms in total. The predicted octanol–water partition coefficient (Wildman–Crippen LogP) is 2.95. The van der Waals surface area contributed by atoms with Gasteiger partial charge in [0.05, 0.1) is 6.54 Å². The number of phenolic OH excluding ortho intramolecular Hbond substituents is 1. The number of aromatic nitrogens is 3. The van der Waals surface area contributed by atoms with E-state index < -0.39 is 5.97 Å². The van der Waals surface area contributed by atoms with Crippen LogP contribution in [0.4, 0.5) is 0 Å². The number of rotatable bonds is 8. The summed E-state index contributed by atoms with van der Waals surface area (Å²) < 4.78 is 4.91. The van der Waals surface area contributed by atoms with Crippen molar-refractivity contribution in [2.24, 2.45) is 0 Å². The van der Waals surface area contributed by atoms with Gasteiger partial charge in [0.2, 0.25) is 5.91 Å². The van der Waals surface area contributed by atoms with Gasteiger partial charge in [-0.1, -0.05) is 30.3 Å². The number of amides is 1. The molecule has 0 bridgehead atoms. The number of carbonyl (C=O) groups is 2. The summed E-state index contributed by atoms with van der Waals surface area (Å²) in [5.41, 5.74) is 2.57. The number of esters is 1. The monoisotopic (exact) mass is 428 g/mol. The number of fused-ring (bicyclic) bond motifs is 1. The summed E-state index contributed by atoms with van der Waals surface area (Å²) in [5.74, 6) is -0.705. The van der Waals surface area contributed by atoms with Crippen molar-refractivity contribution in [1.82, 2.24) is 20.3 Å². The van der Waals surface area contributed by atoms with Crippen LogP contribution in [0.1, 0.15) is 18.9 Å². The van der Waals surface area contributed by atoms with Gasteiger partial charge in [-0.2, -0.15) is 0 Å². The Labute approximate surface area is 178 Å². The summed E-state index contributed by atoms with van der Waals surface area (Å²) in [5, 5.41) is 22.6. The highest BCUT2D eigenvalue weighted by atomic mass is 35.5. The number of nitrogens with zero attached hydrogens (tertiary/aromatic N) is 3. The number of para-hydroxylation sites is 1. The van der Waals surface area contributed by atoms with Gasteiger partial charge in [-0.15, -0.1) is 15.0 Å². The molecule has 0 fully saturated rings. The summed E-state index contributed by atoms with van der Waals surface area (Å²) in [7, 11) is 0. The normalized spacial score (nSPS) is 10.7. The molecular formula is C21H21ClN4O4. The highest BCUT2D eigenvalue weighted by molar-refractivity contribution is 6.31. The van der Waals surface area contributed by atoms with Crippen LogP contribution in [0.25, 0.3) is 16.7 Å². The number of halogens is 1. The van der Waals surface area contributed by atoms with Gasteiger partial charge < -0.3 is 15.2 Å². The minimum absolute atomic E-state index is 0.00657. The summed E-state index contributed by atoms with van der Waals surface area (Å²) in [6.07, 6.45) is 0.485. The van der Waals surface area contributed by atoms with E-state index in [9.17, 15) is 14.7 Å². The average Bonchev–Trinajstić information content (AvgIpc) is 3.13. The third kappa shape index (κ3) is 5.15. The van der Waals surface area contributed by atoms with Crippen LogP contribution in [0.3, 0.4) is 0 Å². The SMILES string of the molecule is C=C(C)C(=O)OCCNC(=O)CCc1cccc(-n2nc3ccc(Cl)cc3n2)c1O. The van der Waals surface area contributed by atoms with E-state index >= 15 is 0 Å². The second-order valence-corrected chi connectivity index (χ2v) is 7.11. The number of carbonyl (C=O) groups excluding carboxylic acids is 2. The minimum Gasteiger partial charge on any atom is -0.505 e. The minimum atomic E-state index is -0.492. The highest BCUT2D eigenvalue weighted by Gasteiger charge is 2.13. The van der Waals surface area contributed by atoms with Crippen molar-refractivity contribution < 1.29 is 19.4 Å². The Bertz CT molecular complexity index is 1110. The first-order chi connectivity index (χ1) is 14.3. The molecule has 0 saturated heterocycles. The lowest BCUT2D eigenvalue weighted by Crippen LogP contribution is -2.28. The Balaban J connectivity index is 1.60. The van der Waals surface area contributed by atoms with Crippen LogP contribution in [0.5, 0.6) is 5.75 Å². The van der Waals surface area contributed by atoms with Gasteiger partial charge in [0.15, 0.2) is 0 Å². The highest BCUT2D eigenvalue weighted by Crippen LogP contribution is 2.27. The number of benzene rings is 2. The quantitative estimate of drug-likeness (QED) is 0.324. The van der Waals surface area contributed by atoms with Gasteiger partial charge in [0.1, 0.15) is 29.1 Å². The lowest BCUT2D eigenvalue weighted by molar-refractivity contribution is -0.139. The molecule has 1 aromatic heterocycles. The lowest BCUT2D eigenvalue weighted by Gasteiger charge is -2.09.